The Labute approximate surface area is 108 Å². The summed E-state index contributed by atoms with van der Waals surface area (Å²) in [6, 6.07) is 9.75. The molecule has 3 heteroatoms. The molecule has 0 bridgehead atoms. The summed E-state index contributed by atoms with van der Waals surface area (Å²) in [5.41, 5.74) is 1.85. The standard InChI is InChI=1S/C15H20N2O/c1-15(2,3)17-10-14(18)12-6-4-8-13-11(12)7-5-9-16-13/h4-9,14,17-18H,10H2,1-3H3. The molecule has 2 rings (SSSR count). The second-order valence-corrected chi connectivity index (χ2v) is 5.56. The summed E-state index contributed by atoms with van der Waals surface area (Å²) in [7, 11) is 0. The third-order valence-corrected chi connectivity index (χ3v) is 2.86. The minimum absolute atomic E-state index is 0.00378. The van der Waals surface area contributed by atoms with E-state index in [9.17, 15) is 5.11 Å². The molecule has 2 aromatic rings. The Morgan fingerprint density at radius 1 is 1.22 bits per heavy atom. The number of rotatable bonds is 3. The summed E-state index contributed by atoms with van der Waals surface area (Å²) in [6.07, 6.45) is 1.25. The van der Waals surface area contributed by atoms with Gasteiger partial charge in [-0.1, -0.05) is 18.2 Å². The van der Waals surface area contributed by atoms with Gasteiger partial charge in [-0.2, -0.15) is 0 Å². The van der Waals surface area contributed by atoms with Crippen molar-refractivity contribution in [2.45, 2.75) is 32.4 Å². The Hall–Kier alpha value is -1.45. The molecule has 1 aromatic heterocycles. The molecule has 96 valence electrons. The number of aromatic nitrogens is 1. The fourth-order valence-corrected chi connectivity index (χ4v) is 1.93. The van der Waals surface area contributed by atoms with Gasteiger partial charge in [-0.3, -0.25) is 4.98 Å². The van der Waals surface area contributed by atoms with Gasteiger partial charge >= 0.3 is 0 Å². The maximum absolute atomic E-state index is 10.3. The van der Waals surface area contributed by atoms with E-state index in [-0.39, 0.29) is 5.54 Å². The van der Waals surface area contributed by atoms with Gasteiger partial charge in [0.1, 0.15) is 0 Å². The van der Waals surface area contributed by atoms with Crippen molar-refractivity contribution in [3.63, 3.8) is 0 Å². The van der Waals surface area contributed by atoms with Crippen LogP contribution >= 0.6 is 0 Å². The first-order valence-corrected chi connectivity index (χ1v) is 6.24. The Morgan fingerprint density at radius 3 is 2.72 bits per heavy atom. The molecule has 2 N–H and O–H groups in total. The second-order valence-electron chi connectivity index (χ2n) is 5.56. The van der Waals surface area contributed by atoms with E-state index in [1.807, 2.05) is 30.3 Å². The van der Waals surface area contributed by atoms with Crippen molar-refractivity contribution in [3.8, 4) is 0 Å². The highest BCUT2D eigenvalue weighted by atomic mass is 16.3. The van der Waals surface area contributed by atoms with E-state index in [0.29, 0.717) is 6.54 Å². The van der Waals surface area contributed by atoms with Crippen LogP contribution in [-0.2, 0) is 0 Å². The largest absolute Gasteiger partial charge is 0.387 e. The van der Waals surface area contributed by atoms with Gasteiger partial charge in [0, 0.05) is 23.7 Å². The van der Waals surface area contributed by atoms with Crippen molar-refractivity contribution in [1.29, 1.82) is 0 Å². The number of fused-ring (bicyclic) bond motifs is 1. The van der Waals surface area contributed by atoms with Crippen LogP contribution in [0.25, 0.3) is 10.9 Å². The van der Waals surface area contributed by atoms with Crippen molar-refractivity contribution in [3.05, 3.63) is 42.1 Å². The second kappa shape index (κ2) is 5.04. The lowest BCUT2D eigenvalue weighted by molar-refractivity contribution is 0.164. The number of nitrogens with one attached hydrogen (secondary N) is 1. The van der Waals surface area contributed by atoms with Gasteiger partial charge in [0.15, 0.2) is 0 Å². The molecule has 1 heterocycles. The summed E-state index contributed by atoms with van der Waals surface area (Å²) in [6.45, 7) is 6.80. The van der Waals surface area contributed by atoms with E-state index in [1.165, 1.54) is 0 Å². The molecule has 3 nitrogen and oxygen atoms in total. The topological polar surface area (TPSA) is 45.1 Å². The van der Waals surface area contributed by atoms with E-state index in [4.69, 9.17) is 0 Å². The number of pyridine rings is 1. The van der Waals surface area contributed by atoms with Crippen LogP contribution < -0.4 is 5.32 Å². The molecule has 0 aliphatic carbocycles. The van der Waals surface area contributed by atoms with Crippen LogP contribution in [0.1, 0.15) is 32.4 Å². The van der Waals surface area contributed by atoms with E-state index in [2.05, 4.69) is 31.1 Å². The van der Waals surface area contributed by atoms with Crippen LogP contribution in [-0.4, -0.2) is 22.2 Å². The first kappa shape index (κ1) is 13.0. The number of aliphatic hydroxyl groups excluding tert-OH is 1. The lowest BCUT2D eigenvalue weighted by Gasteiger charge is -2.23. The van der Waals surface area contributed by atoms with Gasteiger partial charge in [-0.15, -0.1) is 0 Å². The molecular weight excluding hydrogens is 224 g/mol. The van der Waals surface area contributed by atoms with Crippen molar-refractivity contribution < 1.29 is 5.11 Å². The van der Waals surface area contributed by atoms with E-state index >= 15 is 0 Å². The van der Waals surface area contributed by atoms with Crippen LogP contribution in [0.3, 0.4) is 0 Å². The van der Waals surface area contributed by atoms with Crippen molar-refractivity contribution in [2.24, 2.45) is 0 Å². The number of hydrogen-bond donors (Lipinski definition) is 2. The van der Waals surface area contributed by atoms with Crippen molar-refractivity contribution in [1.82, 2.24) is 10.3 Å². The minimum atomic E-state index is -0.517. The maximum atomic E-state index is 10.3. The molecule has 0 aliphatic rings. The molecule has 18 heavy (non-hydrogen) atoms. The highest BCUT2D eigenvalue weighted by Gasteiger charge is 2.15. The van der Waals surface area contributed by atoms with Crippen LogP contribution in [0, 0.1) is 0 Å². The third-order valence-electron chi connectivity index (χ3n) is 2.86. The normalized spacial score (nSPS) is 13.8. The molecular formula is C15H20N2O. The number of benzene rings is 1. The van der Waals surface area contributed by atoms with Crippen LogP contribution in [0.5, 0.6) is 0 Å². The summed E-state index contributed by atoms with van der Waals surface area (Å²) < 4.78 is 0. The van der Waals surface area contributed by atoms with E-state index < -0.39 is 6.10 Å². The van der Waals surface area contributed by atoms with E-state index in [1.54, 1.807) is 6.20 Å². The highest BCUT2D eigenvalue weighted by molar-refractivity contribution is 5.82. The third kappa shape index (κ3) is 3.06. The monoisotopic (exact) mass is 244 g/mol. The van der Waals surface area contributed by atoms with Gasteiger partial charge < -0.3 is 10.4 Å². The van der Waals surface area contributed by atoms with Gasteiger partial charge in [-0.05, 0) is 38.5 Å². The molecule has 1 atom stereocenters. The molecule has 0 saturated carbocycles. The quantitative estimate of drug-likeness (QED) is 0.872. The molecule has 0 spiro atoms. The average Bonchev–Trinajstić information content (AvgIpc) is 2.34. The van der Waals surface area contributed by atoms with Crippen molar-refractivity contribution in [2.75, 3.05) is 6.54 Å². The molecule has 0 aliphatic heterocycles. The predicted octanol–water partition coefficient (Wildman–Crippen LogP) is 2.66. The zero-order valence-corrected chi connectivity index (χ0v) is 11.1. The first-order valence-electron chi connectivity index (χ1n) is 6.24. The highest BCUT2D eigenvalue weighted by Crippen LogP contribution is 2.22. The molecule has 1 aromatic carbocycles. The molecule has 1 unspecified atom stereocenters. The number of nitrogens with zero attached hydrogens (tertiary/aromatic N) is 1. The van der Waals surface area contributed by atoms with Crippen LogP contribution in [0.4, 0.5) is 0 Å². The Bertz CT molecular complexity index is 526. The molecule has 0 radical (unpaired) electrons. The van der Waals surface area contributed by atoms with Crippen LogP contribution in [0.15, 0.2) is 36.5 Å². The maximum Gasteiger partial charge on any atom is 0.0921 e. The smallest absolute Gasteiger partial charge is 0.0921 e. The average molecular weight is 244 g/mol. The van der Waals surface area contributed by atoms with Gasteiger partial charge in [0.25, 0.3) is 0 Å². The summed E-state index contributed by atoms with van der Waals surface area (Å²) in [5, 5.41) is 14.6. The Balaban J connectivity index is 2.25. The summed E-state index contributed by atoms with van der Waals surface area (Å²) in [4.78, 5) is 4.30. The fraction of sp³-hybridized carbons (Fsp3) is 0.400. The molecule has 0 fully saturated rings. The van der Waals surface area contributed by atoms with Gasteiger partial charge in [-0.25, -0.2) is 0 Å². The number of hydrogen-bond acceptors (Lipinski definition) is 3. The molecule has 0 amide bonds. The Kier molecular flexibility index (Phi) is 3.64. The van der Waals surface area contributed by atoms with Gasteiger partial charge in [0.2, 0.25) is 0 Å². The predicted molar refractivity (Wildman–Crippen MR) is 74.5 cm³/mol. The van der Waals surface area contributed by atoms with Crippen molar-refractivity contribution >= 4 is 10.9 Å². The Morgan fingerprint density at radius 2 is 2.00 bits per heavy atom. The number of aliphatic hydroxyl groups is 1. The zero-order chi connectivity index (χ0) is 13.2. The van der Waals surface area contributed by atoms with E-state index in [0.717, 1.165) is 16.5 Å². The fourth-order valence-electron chi connectivity index (χ4n) is 1.93. The summed E-state index contributed by atoms with van der Waals surface area (Å²) in [5.74, 6) is 0. The SMILES string of the molecule is CC(C)(C)NCC(O)c1cccc2ncccc12. The summed E-state index contributed by atoms with van der Waals surface area (Å²) >= 11 is 0. The van der Waals surface area contributed by atoms with Crippen LogP contribution in [0.2, 0.25) is 0 Å². The molecule has 0 saturated heterocycles. The minimum Gasteiger partial charge on any atom is -0.387 e. The lowest BCUT2D eigenvalue weighted by Crippen LogP contribution is -2.38. The lowest BCUT2D eigenvalue weighted by atomic mass is 10.0. The zero-order valence-electron chi connectivity index (χ0n) is 11.1. The van der Waals surface area contributed by atoms with Gasteiger partial charge in [0.05, 0.1) is 11.6 Å². The first-order chi connectivity index (χ1) is 8.47. The number of β-amino-alcohol motifs (C(OH)–C–C–N with tert-alkyl or cyclic N) is 1.